The summed E-state index contributed by atoms with van der Waals surface area (Å²) in [5, 5.41) is 6.92. The zero-order chi connectivity index (χ0) is 19.1. The summed E-state index contributed by atoms with van der Waals surface area (Å²) in [5.41, 5.74) is 1.78. The molecule has 1 aromatic carbocycles. The van der Waals surface area contributed by atoms with Crippen molar-refractivity contribution in [3.05, 3.63) is 23.2 Å². The number of hydrogen-bond donors (Lipinski definition) is 2. The molecule has 1 aliphatic rings. The van der Waals surface area contributed by atoms with E-state index >= 15 is 0 Å². The molecule has 5 nitrogen and oxygen atoms in total. The lowest BCUT2D eigenvalue weighted by molar-refractivity contribution is -0.119. The van der Waals surface area contributed by atoms with Gasteiger partial charge in [0.1, 0.15) is 0 Å². The lowest BCUT2D eigenvalue weighted by Gasteiger charge is -2.37. The van der Waals surface area contributed by atoms with E-state index in [0.29, 0.717) is 22.5 Å². The molecule has 0 aliphatic carbocycles. The van der Waals surface area contributed by atoms with Gasteiger partial charge in [-0.05, 0) is 43.2 Å². The fourth-order valence-electron chi connectivity index (χ4n) is 2.99. The van der Waals surface area contributed by atoms with Gasteiger partial charge in [0.25, 0.3) is 0 Å². The average Bonchev–Trinajstić information content (AvgIpc) is 2.60. The number of carbonyl (C=O) groups is 1. The van der Waals surface area contributed by atoms with Crippen LogP contribution in [0.5, 0.6) is 0 Å². The van der Waals surface area contributed by atoms with Gasteiger partial charge in [0.15, 0.2) is 5.11 Å². The third kappa shape index (κ3) is 6.11. The highest BCUT2D eigenvalue weighted by Crippen LogP contribution is 2.34. The monoisotopic (exact) mass is 396 g/mol. The Balaban J connectivity index is 2.02. The first kappa shape index (κ1) is 20.9. The third-order valence-electron chi connectivity index (χ3n) is 4.57. The van der Waals surface area contributed by atoms with E-state index in [1.165, 1.54) is 0 Å². The fourth-order valence-corrected chi connectivity index (χ4v) is 3.51. The van der Waals surface area contributed by atoms with Crippen molar-refractivity contribution in [1.82, 2.24) is 10.2 Å². The molecule has 0 atom stereocenters. The molecule has 0 unspecified atom stereocenters. The molecule has 7 heteroatoms. The van der Waals surface area contributed by atoms with Crippen molar-refractivity contribution in [3.63, 3.8) is 0 Å². The molecule has 1 aliphatic heterocycles. The summed E-state index contributed by atoms with van der Waals surface area (Å²) in [6, 6.07) is 5.72. The van der Waals surface area contributed by atoms with Crippen LogP contribution in [-0.2, 0) is 4.79 Å². The van der Waals surface area contributed by atoms with Gasteiger partial charge in [-0.2, -0.15) is 0 Å². The Labute approximate surface area is 167 Å². The number of benzene rings is 1. The molecule has 1 heterocycles. The topological polar surface area (TPSA) is 47.6 Å². The molecule has 0 bridgehead atoms. The molecule has 1 fully saturated rings. The molecular weight excluding hydrogens is 368 g/mol. The van der Waals surface area contributed by atoms with E-state index in [2.05, 4.69) is 41.2 Å². The van der Waals surface area contributed by atoms with Gasteiger partial charge in [0.05, 0.1) is 16.4 Å². The summed E-state index contributed by atoms with van der Waals surface area (Å²) >= 11 is 11.8. The Morgan fingerprint density at radius 2 is 1.96 bits per heavy atom. The maximum Gasteiger partial charge on any atom is 0.226 e. The highest BCUT2D eigenvalue weighted by Gasteiger charge is 2.21. The van der Waals surface area contributed by atoms with Crippen LogP contribution >= 0.6 is 23.8 Å². The van der Waals surface area contributed by atoms with E-state index in [0.717, 1.165) is 50.5 Å². The van der Waals surface area contributed by atoms with Gasteiger partial charge in [-0.25, -0.2) is 0 Å². The van der Waals surface area contributed by atoms with Gasteiger partial charge >= 0.3 is 0 Å². The predicted octanol–water partition coefficient (Wildman–Crippen LogP) is 3.73. The zero-order valence-electron chi connectivity index (χ0n) is 15.8. The number of carbonyl (C=O) groups excluding carboxylic acids is 1. The van der Waals surface area contributed by atoms with Crippen LogP contribution in [0.2, 0.25) is 5.02 Å². The number of nitrogens with zero attached hydrogens (tertiary/aromatic N) is 2. The number of amides is 1. The quantitative estimate of drug-likeness (QED) is 0.717. The van der Waals surface area contributed by atoms with Crippen molar-refractivity contribution in [3.8, 4) is 0 Å². The number of piperazine rings is 1. The molecule has 2 rings (SSSR count). The molecule has 0 saturated carbocycles. The number of likely N-dealkylation sites (N-methyl/N-ethyl adjacent to an activating group) is 1. The molecule has 0 aromatic heterocycles. The van der Waals surface area contributed by atoms with E-state index in [9.17, 15) is 4.79 Å². The number of halogens is 1. The third-order valence-corrected chi connectivity index (χ3v) is 5.08. The molecule has 0 radical (unpaired) electrons. The standard InChI is InChI=1S/C19H29ClN4OS/c1-4-23-10-12-24(13-11-23)18-15(20)6-5-7-16(18)21-19(26)22-17(25)9-8-14(2)3/h5-7,14H,4,8-13H2,1-3H3,(H2,21,22,25,26). The Kier molecular flexibility index (Phi) is 8.13. The van der Waals surface area contributed by atoms with Crippen LogP contribution in [0.15, 0.2) is 18.2 Å². The second-order valence-electron chi connectivity index (χ2n) is 6.99. The first-order chi connectivity index (χ1) is 12.4. The van der Waals surface area contributed by atoms with Crippen molar-refractivity contribution in [2.24, 2.45) is 5.92 Å². The summed E-state index contributed by atoms with van der Waals surface area (Å²) < 4.78 is 0. The van der Waals surface area contributed by atoms with E-state index in [1.807, 2.05) is 18.2 Å². The molecule has 144 valence electrons. The number of thiocarbonyl (C=S) groups is 1. The molecule has 1 amide bonds. The lowest BCUT2D eigenvalue weighted by Crippen LogP contribution is -2.46. The number of anilines is 2. The largest absolute Gasteiger partial charge is 0.366 e. The Hall–Kier alpha value is -1.37. The van der Waals surface area contributed by atoms with E-state index in [-0.39, 0.29) is 5.91 Å². The summed E-state index contributed by atoms with van der Waals surface area (Å²) in [5.74, 6) is 0.430. The minimum Gasteiger partial charge on any atom is -0.366 e. The molecule has 1 aromatic rings. The van der Waals surface area contributed by atoms with Crippen LogP contribution in [0.1, 0.15) is 33.6 Å². The second kappa shape index (κ2) is 10.1. The number of rotatable bonds is 6. The van der Waals surface area contributed by atoms with Gasteiger partial charge < -0.3 is 20.4 Å². The second-order valence-corrected chi connectivity index (χ2v) is 7.81. The van der Waals surface area contributed by atoms with Gasteiger partial charge in [-0.1, -0.05) is 38.4 Å². The highest BCUT2D eigenvalue weighted by atomic mass is 35.5. The van der Waals surface area contributed by atoms with Crippen molar-refractivity contribution >= 4 is 46.2 Å². The van der Waals surface area contributed by atoms with Crippen molar-refractivity contribution in [2.45, 2.75) is 33.6 Å². The average molecular weight is 397 g/mol. The number of para-hydroxylation sites is 1. The van der Waals surface area contributed by atoms with Crippen LogP contribution < -0.4 is 15.5 Å². The summed E-state index contributed by atoms with van der Waals surface area (Å²) in [6.07, 6.45) is 1.32. The molecule has 0 spiro atoms. The van der Waals surface area contributed by atoms with Crippen LogP contribution in [0, 0.1) is 5.92 Å². The first-order valence-corrected chi connectivity index (χ1v) is 10.1. The minimum atomic E-state index is -0.0589. The molecular formula is C19H29ClN4OS. The van der Waals surface area contributed by atoms with Gasteiger partial charge in [0, 0.05) is 32.6 Å². The first-order valence-electron chi connectivity index (χ1n) is 9.27. The predicted molar refractivity (Wildman–Crippen MR) is 114 cm³/mol. The van der Waals surface area contributed by atoms with Gasteiger partial charge in [-0.15, -0.1) is 0 Å². The van der Waals surface area contributed by atoms with E-state index in [1.54, 1.807) is 0 Å². The number of hydrogen-bond acceptors (Lipinski definition) is 4. The highest BCUT2D eigenvalue weighted by molar-refractivity contribution is 7.80. The Bertz CT molecular complexity index is 630. The summed E-state index contributed by atoms with van der Waals surface area (Å²) in [6.45, 7) is 11.3. The van der Waals surface area contributed by atoms with Crippen LogP contribution in [-0.4, -0.2) is 48.6 Å². The van der Waals surface area contributed by atoms with Crippen molar-refractivity contribution < 1.29 is 4.79 Å². The summed E-state index contributed by atoms with van der Waals surface area (Å²) in [7, 11) is 0. The lowest BCUT2D eigenvalue weighted by atomic mass is 10.1. The fraction of sp³-hybridized carbons (Fsp3) is 0.579. The molecule has 2 N–H and O–H groups in total. The maximum atomic E-state index is 12.0. The zero-order valence-corrected chi connectivity index (χ0v) is 17.4. The minimum absolute atomic E-state index is 0.0589. The van der Waals surface area contributed by atoms with Crippen molar-refractivity contribution in [2.75, 3.05) is 42.9 Å². The van der Waals surface area contributed by atoms with Crippen LogP contribution in [0.25, 0.3) is 0 Å². The summed E-state index contributed by atoms with van der Waals surface area (Å²) in [4.78, 5) is 16.7. The Morgan fingerprint density at radius 1 is 1.27 bits per heavy atom. The molecule has 26 heavy (non-hydrogen) atoms. The van der Waals surface area contributed by atoms with Crippen molar-refractivity contribution in [1.29, 1.82) is 0 Å². The van der Waals surface area contributed by atoms with Gasteiger partial charge in [0.2, 0.25) is 5.91 Å². The van der Waals surface area contributed by atoms with Gasteiger partial charge in [-0.3, -0.25) is 4.79 Å². The molecule has 1 saturated heterocycles. The smallest absolute Gasteiger partial charge is 0.226 e. The van der Waals surface area contributed by atoms with Crippen LogP contribution in [0.4, 0.5) is 11.4 Å². The number of nitrogens with one attached hydrogen (secondary N) is 2. The van der Waals surface area contributed by atoms with Crippen LogP contribution in [0.3, 0.4) is 0 Å². The maximum absolute atomic E-state index is 12.0. The SMILES string of the molecule is CCN1CCN(c2c(Cl)cccc2NC(=S)NC(=O)CCC(C)C)CC1. The Morgan fingerprint density at radius 3 is 2.58 bits per heavy atom. The van der Waals surface area contributed by atoms with E-state index < -0.39 is 0 Å². The van der Waals surface area contributed by atoms with E-state index in [4.69, 9.17) is 23.8 Å². The normalized spacial score (nSPS) is 15.2.